The van der Waals surface area contributed by atoms with Crippen molar-refractivity contribution in [3.05, 3.63) is 71.2 Å². The molecule has 2 aliphatic heterocycles. The molecule has 1 atom stereocenters. The molecular weight excluding hydrogens is 365 g/mol. The third-order valence-corrected chi connectivity index (χ3v) is 5.87. The first-order chi connectivity index (χ1) is 13.1. The molecule has 0 aliphatic carbocycles. The zero-order valence-corrected chi connectivity index (χ0v) is 15.5. The highest BCUT2D eigenvalue weighted by Gasteiger charge is 2.35. The molecule has 140 valence electrons. The Kier molecular flexibility index (Phi) is 5.24. The summed E-state index contributed by atoms with van der Waals surface area (Å²) in [6.07, 6.45) is 1.79. The van der Waals surface area contributed by atoms with Gasteiger partial charge in [-0.05, 0) is 52.9 Å². The minimum Gasteiger partial charge on any atom is -0.395 e. The lowest BCUT2D eigenvalue weighted by Gasteiger charge is -2.42. The monoisotopic (exact) mass is 385 g/mol. The predicted molar refractivity (Wildman–Crippen MR) is 101 cm³/mol. The van der Waals surface area contributed by atoms with Gasteiger partial charge in [0.1, 0.15) is 10.8 Å². The van der Waals surface area contributed by atoms with Gasteiger partial charge in [0, 0.05) is 32.4 Å². The highest BCUT2D eigenvalue weighted by atomic mass is 32.2. The first kappa shape index (κ1) is 18.2. The van der Waals surface area contributed by atoms with Gasteiger partial charge in [0.2, 0.25) is 5.91 Å². The van der Waals surface area contributed by atoms with E-state index < -0.39 is 5.92 Å². The number of hydrogen-bond donors (Lipinski definition) is 1. The maximum atomic E-state index is 13.1. The van der Waals surface area contributed by atoms with Crippen molar-refractivity contribution in [2.24, 2.45) is 0 Å². The van der Waals surface area contributed by atoms with Crippen LogP contribution in [0.3, 0.4) is 0 Å². The van der Waals surface area contributed by atoms with E-state index in [4.69, 9.17) is 0 Å². The van der Waals surface area contributed by atoms with Crippen molar-refractivity contribution < 1.29 is 14.3 Å². The van der Waals surface area contributed by atoms with Crippen LogP contribution in [0.1, 0.15) is 11.5 Å². The fourth-order valence-electron chi connectivity index (χ4n) is 3.24. The molecular formula is C20H20FN3O2S. The largest absolute Gasteiger partial charge is 0.395 e. The molecule has 2 aromatic rings. The summed E-state index contributed by atoms with van der Waals surface area (Å²) in [4.78, 5) is 18.7. The van der Waals surface area contributed by atoms with E-state index in [1.165, 1.54) is 23.3 Å². The quantitative estimate of drug-likeness (QED) is 0.633. The lowest BCUT2D eigenvalue weighted by Crippen LogP contribution is -2.50. The van der Waals surface area contributed by atoms with Crippen molar-refractivity contribution in [1.82, 2.24) is 14.2 Å². The molecule has 2 fully saturated rings. The van der Waals surface area contributed by atoms with Crippen LogP contribution in [0.5, 0.6) is 0 Å². The molecule has 1 aromatic carbocycles. The average Bonchev–Trinajstić information content (AvgIpc) is 2.61. The van der Waals surface area contributed by atoms with Gasteiger partial charge >= 0.3 is 0 Å². The number of hydrogen-bond acceptors (Lipinski definition) is 5. The molecule has 5 nitrogen and oxygen atoms in total. The molecule has 3 heterocycles. The van der Waals surface area contributed by atoms with Crippen LogP contribution < -0.4 is 0 Å². The first-order valence-corrected chi connectivity index (χ1v) is 9.60. The molecule has 2 aliphatic rings. The fraction of sp³-hybridized carbons (Fsp3) is 0.300. The molecule has 0 radical (unpaired) electrons. The highest BCUT2D eigenvalue weighted by Crippen LogP contribution is 2.33. The Morgan fingerprint density at radius 3 is 2.44 bits per heavy atom. The summed E-state index contributed by atoms with van der Waals surface area (Å²) < 4.78 is 15.3. The van der Waals surface area contributed by atoms with E-state index in [1.54, 1.807) is 35.2 Å². The number of amides is 1. The van der Waals surface area contributed by atoms with Gasteiger partial charge in [0.25, 0.3) is 0 Å². The van der Waals surface area contributed by atoms with Crippen LogP contribution in [0.2, 0.25) is 0 Å². The predicted octanol–water partition coefficient (Wildman–Crippen LogP) is 2.46. The van der Waals surface area contributed by atoms with Crippen molar-refractivity contribution in [1.29, 1.82) is 0 Å². The first-order valence-electron chi connectivity index (χ1n) is 8.83. The number of aliphatic hydroxyl groups excluding tert-OH is 1. The third-order valence-electron chi connectivity index (χ3n) is 4.92. The van der Waals surface area contributed by atoms with E-state index >= 15 is 0 Å². The molecule has 1 unspecified atom stereocenters. The number of likely N-dealkylation sites (tertiary alicyclic amines) is 1. The van der Waals surface area contributed by atoms with Gasteiger partial charge in [-0.1, -0.05) is 18.2 Å². The Balaban J connectivity index is 1.30. The molecule has 0 saturated carbocycles. The van der Waals surface area contributed by atoms with Crippen LogP contribution in [0.15, 0.2) is 64.8 Å². The summed E-state index contributed by atoms with van der Waals surface area (Å²) in [6.45, 7) is 2.74. The Hall–Kier alpha value is -2.22. The molecule has 1 N–H and O–H groups in total. The number of pyridine rings is 1. The minimum absolute atomic E-state index is 0.104. The van der Waals surface area contributed by atoms with E-state index in [9.17, 15) is 14.3 Å². The van der Waals surface area contributed by atoms with Gasteiger partial charge in [-0.15, -0.1) is 0 Å². The summed E-state index contributed by atoms with van der Waals surface area (Å²) in [5.74, 6) is -1.08. The molecule has 4 rings (SSSR count). The molecule has 0 bridgehead atoms. The summed E-state index contributed by atoms with van der Waals surface area (Å²) in [6, 6.07) is 11.6. The number of rotatable bonds is 5. The van der Waals surface area contributed by atoms with Crippen LogP contribution in [0, 0.1) is 5.82 Å². The zero-order chi connectivity index (χ0) is 18.8. The molecule has 2 saturated heterocycles. The summed E-state index contributed by atoms with van der Waals surface area (Å²) in [5.41, 5.74) is 3.33. The van der Waals surface area contributed by atoms with Crippen molar-refractivity contribution in [3.8, 4) is 0 Å². The maximum Gasteiger partial charge on any atom is 0.233 e. The number of aromatic nitrogens is 1. The average molecular weight is 385 g/mol. The van der Waals surface area contributed by atoms with Gasteiger partial charge < -0.3 is 10.0 Å². The molecule has 7 heteroatoms. The third kappa shape index (κ3) is 3.90. The van der Waals surface area contributed by atoms with E-state index in [2.05, 4.69) is 9.29 Å². The van der Waals surface area contributed by atoms with Gasteiger partial charge in [0.05, 0.1) is 12.5 Å². The fourth-order valence-corrected chi connectivity index (χ4v) is 4.19. The molecule has 0 spiro atoms. The maximum absolute atomic E-state index is 13.1. The Morgan fingerprint density at radius 2 is 1.81 bits per heavy atom. The Bertz CT molecular complexity index is 841. The molecule has 27 heavy (non-hydrogen) atoms. The number of benzene rings is 1. The van der Waals surface area contributed by atoms with Crippen molar-refractivity contribution in [3.63, 3.8) is 0 Å². The number of nitrogens with zero attached hydrogens (tertiary/aromatic N) is 3. The van der Waals surface area contributed by atoms with Crippen LogP contribution >= 0.6 is 11.9 Å². The normalized spacial score (nSPS) is 18.1. The second kappa shape index (κ2) is 7.80. The van der Waals surface area contributed by atoms with E-state index in [1.807, 2.05) is 18.2 Å². The number of carbonyl (C=O) groups is 1. The van der Waals surface area contributed by atoms with Crippen LogP contribution in [0.4, 0.5) is 4.39 Å². The topological polar surface area (TPSA) is 56.7 Å². The lowest BCUT2D eigenvalue weighted by molar-refractivity contribution is -0.135. The van der Waals surface area contributed by atoms with Crippen LogP contribution in [0.25, 0.3) is 0 Å². The van der Waals surface area contributed by atoms with E-state index in [0.29, 0.717) is 18.7 Å². The lowest BCUT2D eigenvalue weighted by atomic mass is 9.92. The zero-order valence-electron chi connectivity index (χ0n) is 14.7. The SMILES string of the molecule is O=C(C(CO)c1ccc(F)cc1)N1CC(=C2CN(Sc3ccccn3)C2)C1. The Labute approximate surface area is 161 Å². The second-order valence-electron chi connectivity index (χ2n) is 6.75. The number of carbonyl (C=O) groups excluding carboxylic acids is 1. The van der Waals surface area contributed by atoms with Gasteiger partial charge in [-0.3, -0.25) is 4.79 Å². The summed E-state index contributed by atoms with van der Waals surface area (Å²) >= 11 is 1.64. The standard InChI is InChI=1S/C20H20FN3O2S/c21-17-6-4-14(5-7-17)18(13-25)20(26)23-9-15(10-23)16-11-24(12-16)27-19-3-1-2-8-22-19/h1-8,18,25H,9-13H2. The summed E-state index contributed by atoms with van der Waals surface area (Å²) in [7, 11) is 0. The Morgan fingerprint density at radius 1 is 1.11 bits per heavy atom. The van der Waals surface area contributed by atoms with E-state index in [0.717, 1.165) is 18.1 Å². The number of aliphatic hydroxyl groups is 1. The van der Waals surface area contributed by atoms with Crippen molar-refractivity contribution in [2.45, 2.75) is 10.9 Å². The molecule has 1 amide bonds. The second-order valence-corrected chi connectivity index (χ2v) is 7.86. The van der Waals surface area contributed by atoms with Gasteiger partial charge in [0.15, 0.2) is 0 Å². The van der Waals surface area contributed by atoms with Crippen molar-refractivity contribution >= 4 is 17.9 Å². The van der Waals surface area contributed by atoms with Gasteiger partial charge in [-0.25, -0.2) is 13.7 Å². The van der Waals surface area contributed by atoms with Crippen molar-refractivity contribution in [2.75, 3.05) is 32.8 Å². The van der Waals surface area contributed by atoms with Crippen LogP contribution in [-0.4, -0.2) is 58.0 Å². The highest BCUT2D eigenvalue weighted by molar-refractivity contribution is 7.97. The van der Waals surface area contributed by atoms with Crippen LogP contribution in [-0.2, 0) is 4.79 Å². The molecule has 1 aromatic heterocycles. The van der Waals surface area contributed by atoms with Gasteiger partial charge in [-0.2, -0.15) is 0 Å². The summed E-state index contributed by atoms with van der Waals surface area (Å²) in [5, 5.41) is 10.6. The number of halogens is 1. The minimum atomic E-state index is -0.630. The van der Waals surface area contributed by atoms with E-state index in [-0.39, 0.29) is 18.3 Å². The smallest absolute Gasteiger partial charge is 0.233 e.